The highest BCUT2D eigenvalue weighted by molar-refractivity contribution is 6.22. The zero-order valence-corrected chi connectivity index (χ0v) is 14.3. The summed E-state index contributed by atoms with van der Waals surface area (Å²) in [6, 6.07) is 13.5. The van der Waals surface area contributed by atoms with E-state index in [1.807, 2.05) is 12.1 Å². The van der Waals surface area contributed by atoms with Gasteiger partial charge in [0, 0.05) is 12.1 Å². The summed E-state index contributed by atoms with van der Waals surface area (Å²) in [6.07, 6.45) is 5.08. The molecule has 0 unspecified atom stereocenters. The molecule has 2 amide bonds. The number of hydrogen-bond acceptors (Lipinski definition) is 4. The Morgan fingerprint density at radius 1 is 0.815 bits per heavy atom. The van der Waals surface area contributed by atoms with Gasteiger partial charge in [-0.2, -0.15) is 0 Å². The average Bonchev–Trinajstić information content (AvgIpc) is 3.36. The Balaban J connectivity index is 1.42. The fourth-order valence-electron chi connectivity index (χ4n) is 4.74. The SMILES string of the molecule is O=C1[C@H]2[C@H](C(=O)N1c1ccc(-c3ccc([N+](=O)[O-])cc3)cc1)[C@H]1C=C[C@H]2C1. The second-order valence-electron chi connectivity index (χ2n) is 7.36. The molecule has 134 valence electrons. The molecule has 6 heteroatoms. The summed E-state index contributed by atoms with van der Waals surface area (Å²) in [5.74, 6) is -0.208. The zero-order valence-electron chi connectivity index (χ0n) is 14.3. The lowest BCUT2D eigenvalue weighted by molar-refractivity contribution is -0.384. The van der Waals surface area contributed by atoms with Crippen molar-refractivity contribution >= 4 is 23.2 Å². The largest absolute Gasteiger partial charge is 0.274 e. The van der Waals surface area contributed by atoms with Gasteiger partial charge < -0.3 is 0 Å². The maximum Gasteiger partial charge on any atom is 0.269 e. The van der Waals surface area contributed by atoms with E-state index in [0.29, 0.717) is 5.69 Å². The van der Waals surface area contributed by atoms with Gasteiger partial charge in [0.1, 0.15) is 0 Å². The number of benzene rings is 2. The Bertz CT molecular complexity index is 964. The number of imide groups is 1. The van der Waals surface area contributed by atoms with Crippen molar-refractivity contribution in [1.29, 1.82) is 0 Å². The van der Waals surface area contributed by atoms with Crippen molar-refractivity contribution < 1.29 is 14.5 Å². The van der Waals surface area contributed by atoms with Gasteiger partial charge in [-0.25, -0.2) is 0 Å². The second kappa shape index (κ2) is 5.61. The molecule has 1 aliphatic heterocycles. The van der Waals surface area contributed by atoms with Crippen molar-refractivity contribution in [2.24, 2.45) is 23.7 Å². The molecule has 2 fully saturated rings. The third-order valence-corrected chi connectivity index (χ3v) is 6.01. The van der Waals surface area contributed by atoms with Crippen LogP contribution >= 0.6 is 0 Å². The summed E-state index contributed by atoms with van der Waals surface area (Å²) in [5.41, 5.74) is 2.34. The van der Waals surface area contributed by atoms with Crippen molar-refractivity contribution in [3.63, 3.8) is 0 Å². The summed E-state index contributed by atoms with van der Waals surface area (Å²) < 4.78 is 0. The molecule has 2 aromatic rings. The number of carbonyl (C=O) groups excluding carboxylic acids is 2. The number of non-ortho nitro benzene ring substituents is 1. The third kappa shape index (κ3) is 2.26. The van der Waals surface area contributed by atoms with Crippen LogP contribution < -0.4 is 4.90 Å². The van der Waals surface area contributed by atoms with E-state index in [1.165, 1.54) is 17.0 Å². The van der Waals surface area contributed by atoms with Gasteiger partial charge in [0.05, 0.1) is 22.4 Å². The van der Waals surface area contributed by atoms with E-state index in [2.05, 4.69) is 12.2 Å². The zero-order chi connectivity index (χ0) is 18.7. The van der Waals surface area contributed by atoms with Crippen LogP contribution in [0.25, 0.3) is 11.1 Å². The summed E-state index contributed by atoms with van der Waals surface area (Å²) in [7, 11) is 0. The number of anilines is 1. The summed E-state index contributed by atoms with van der Waals surface area (Å²) in [4.78, 5) is 37.4. The Hall–Kier alpha value is -3.28. The predicted molar refractivity (Wildman–Crippen MR) is 98.7 cm³/mol. The highest BCUT2D eigenvalue weighted by Gasteiger charge is 2.59. The molecule has 3 aliphatic rings. The van der Waals surface area contributed by atoms with E-state index in [-0.39, 0.29) is 41.2 Å². The van der Waals surface area contributed by atoms with Crippen molar-refractivity contribution in [3.05, 3.63) is 70.8 Å². The molecule has 2 bridgehead atoms. The standard InChI is InChI=1S/C21H16N2O4/c24-20-18-14-1-2-15(11-14)19(18)21(25)22(20)16-7-3-12(4-8-16)13-5-9-17(10-6-13)23(26)27/h1-10,14-15,18-19H,11H2/t14-,15-,18+,19+/m0/s1. The number of rotatable bonds is 3. The highest BCUT2D eigenvalue weighted by atomic mass is 16.6. The molecular weight excluding hydrogens is 344 g/mol. The highest BCUT2D eigenvalue weighted by Crippen LogP contribution is 2.53. The Morgan fingerprint density at radius 2 is 1.30 bits per heavy atom. The minimum absolute atomic E-state index is 0.0402. The first-order valence-electron chi connectivity index (χ1n) is 8.95. The fourth-order valence-corrected chi connectivity index (χ4v) is 4.74. The second-order valence-corrected chi connectivity index (χ2v) is 7.36. The molecular formula is C21H16N2O4. The van der Waals surface area contributed by atoms with E-state index >= 15 is 0 Å². The Labute approximate surface area is 155 Å². The number of nitro groups is 1. The molecule has 4 atom stereocenters. The number of fused-ring (bicyclic) bond motifs is 5. The van der Waals surface area contributed by atoms with E-state index in [4.69, 9.17) is 0 Å². The van der Waals surface area contributed by atoms with Gasteiger partial charge in [0.25, 0.3) is 5.69 Å². The minimum atomic E-state index is -0.434. The van der Waals surface area contributed by atoms with Gasteiger partial charge >= 0.3 is 0 Å². The van der Waals surface area contributed by atoms with Crippen molar-refractivity contribution in [2.75, 3.05) is 4.90 Å². The summed E-state index contributed by atoms with van der Waals surface area (Å²) in [5, 5.41) is 10.8. The van der Waals surface area contributed by atoms with Gasteiger partial charge in [-0.05, 0) is 53.6 Å². The quantitative estimate of drug-likeness (QED) is 0.363. The van der Waals surface area contributed by atoms with Crippen LogP contribution in [0.5, 0.6) is 0 Å². The molecule has 1 heterocycles. The smallest absolute Gasteiger partial charge is 0.269 e. The molecule has 6 nitrogen and oxygen atoms in total. The summed E-state index contributed by atoms with van der Waals surface area (Å²) in [6.45, 7) is 0. The molecule has 5 rings (SSSR count). The lowest BCUT2D eigenvalue weighted by Gasteiger charge is -2.17. The minimum Gasteiger partial charge on any atom is -0.274 e. The van der Waals surface area contributed by atoms with E-state index in [1.54, 1.807) is 24.3 Å². The van der Waals surface area contributed by atoms with Crippen LogP contribution in [0, 0.1) is 33.8 Å². The summed E-state index contributed by atoms with van der Waals surface area (Å²) >= 11 is 0. The van der Waals surface area contributed by atoms with Crippen LogP contribution in [0.3, 0.4) is 0 Å². The third-order valence-electron chi connectivity index (χ3n) is 6.01. The number of nitrogens with zero attached hydrogens (tertiary/aromatic N) is 2. The lowest BCUT2D eigenvalue weighted by Crippen LogP contribution is -2.32. The number of amides is 2. The molecule has 0 spiro atoms. The molecule has 0 N–H and O–H groups in total. The van der Waals surface area contributed by atoms with Crippen LogP contribution in [0.1, 0.15) is 6.42 Å². The van der Waals surface area contributed by atoms with Crippen molar-refractivity contribution in [3.8, 4) is 11.1 Å². The Morgan fingerprint density at radius 3 is 1.78 bits per heavy atom. The van der Waals surface area contributed by atoms with E-state index in [0.717, 1.165) is 17.5 Å². The number of nitro benzene ring substituents is 1. The Kier molecular flexibility index (Phi) is 3.31. The number of hydrogen-bond donors (Lipinski definition) is 0. The normalized spacial score (nSPS) is 28.1. The first-order valence-corrected chi connectivity index (χ1v) is 8.95. The fraction of sp³-hybridized carbons (Fsp3) is 0.238. The van der Waals surface area contributed by atoms with Crippen molar-refractivity contribution in [1.82, 2.24) is 0 Å². The first kappa shape index (κ1) is 15.9. The van der Waals surface area contributed by atoms with Crippen LogP contribution in [0.2, 0.25) is 0 Å². The number of allylic oxidation sites excluding steroid dienone is 2. The lowest BCUT2D eigenvalue weighted by atomic mass is 9.85. The molecule has 0 radical (unpaired) electrons. The van der Waals surface area contributed by atoms with E-state index in [9.17, 15) is 19.7 Å². The van der Waals surface area contributed by atoms with Gasteiger partial charge in [-0.1, -0.05) is 24.3 Å². The van der Waals surface area contributed by atoms with Gasteiger partial charge in [0.2, 0.25) is 11.8 Å². The first-order chi connectivity index (χ1) is 13.0. The maximum absolute atomic E-state index is 12.9. The molecule has 1 saturated carbocycles. The molecule has 2 aromatic carbocycles. The van der Waals surface area contributed by atoms with Crippen molar-refractivity contribution in [2.45, 2.75) is 6.42 Å². The molecule has 2 aliphatic carbocycles. The van der Waals surface area contributed by atoms with Crippen LogP contribution in [-0.2, 0) is 9.59 Å². The maximum atomic E-state index is 12.9. The predicted octanol–water partition coefficient (Wildman–Crippen LogP) is 3.57. The molecule has 27 heavy (non-hydrogen) atoms. The average molecular weight is 360 g/mol. The molecule has 1 saturated heterocycles. The van der Waals surface area contributed by atoms with Gasteiger partial charge in [-0.3, -0.25) is 24.6 Å². The van der Waals surface area contributed by atoms with Gasteiger partial charge in [0.15, 0.2) is 0 Å². The monoisotopic (exact) mass is 360 g/mol. The van der Waals surface area contributed by atoms with Crippen LogP contribution in [-0.4, -0.2) is 16.7 Å². The van der Waals surface area contributed by atoms with Crippen LogP contribution in [0.4, 0.5) is 11.4 Å². The van der Waals surface area contributed by atoms with Gasteiger partial charge in [-0.15, -0.1) is 0 Å². The van der Waals surface area contributed by atoms with E-state index < -0.39 is 4.92 Å². The van der Waals surface area contributed by atoms with Crippen LogP contribution in [0.15, 0.2) is 60.7 Å². The number of carbonyl (C=O) groups is 2. The topological polar surface area (TPSA) is 80.5 Å². The molecule has 0 aromatic heterocycles.